The molecule has 0 fully saturated rings. The first kappa shape index (κ1) is 19.0. The van der Waals surface area contributed by atoms with Crippen LogP contribution in [0.3, 0.4) is 0 Å². The minimum absolute atomic E-state index is 0.175. The molecule has 6 nitrogen and oxygen atoms in total. The third-order valence-corrected chi connectivity index (χ3v) is 7.33. The van der Waals surface area contributed by atoms with Gasteiger partial charge in [0.05, 0.1) is 29.9 Å². The van der Waals surface area contributed by atoms with Crippen LogP contribution in [0.4, 0.5) is 0 Å². The van der Waals surface area contributed by atoms with Gasteiger partial charge in [0, 0.05) is 12.7 Å². The van der Waals surface area contributed by atoms with E-state index in [4.69, 9.17) is 4.42 Å². The van der Waals surface area contributed by atoms with Crippen LogP contribution in [0.25, 0.3) is 0 Å². The van der Waals surface area contributed by atoms with Crippen molar-refractivity contribution in [3.8, 4) is 0 Å². The summed E-state index contributed by atoms with van der Waals surface area (Å²) >= 11 is 0. The summed E-state index contributed by atoms with van der Waals surface area (Å²) in [6.45, 7) is 4.14. The van der Waals surface area contributed by atoms with Gasteiger partial charge in [0.25, 0.3) is 0 Å². The molecular formula is C21H25N3O3S. The summed E-state index contributed by atoms with van der Waals surface area (Å²) in [6.07, 6.45) is 4.61. The number of nitrogens with zero attached hydrogens (tertiary/aromatic N) is 3. The van der Waals surface area contributed by atoms with Gasteiger partial charge >= 0.3 is 0 Å². The molecule has 1 aromatic carbocycles. The van der Waals surface area contributed by atoms with Gasteiger partial charge in [0.2, 0.25) is 10.0 Å². The number of hydrogen-bond acceptors (Lipinski definition) is 4. The summed E-state index contributed by atoms with van der Waals surface area (Å²) in [5.41, 5.74) is 4.91. The third-order valence-electron chi connectivity index (χ3n) is 5.40. The fourth-order valence-corrected chi connectivity index (χ4v) is 5.60. The lowest BCUT2D eigenvalue weighted by Gasteiger charge is -2.22. The highest BCUT2D eigenvalue weighted by atomic mass is 32.2. The van der Waals surface area contributed by atoms with Crippen LogP contribution in [0, 0.1) is 13.8 Å². The number of sulfonamides is 1. The average molecular weight is 400 g/mol. The van der Waals surface area contributed by atoms with Crippen LogP contribution in [0.1, 0.15) is 40.3 Å². The second-order valence-electron chi connectivity index (χ2n) is 7.47. The Bertz CT molecular complexity index is 1100. The molecule has 28 heavy (non-hydrogen) atoms. The van der Waals surface area contributed by atoms with Crippen LogP contribution in [-0.4, -0.2) is 22.5 Å². The van der Waals surface area contributed by atoms with E-state index in [2.05, 4.69) is 5.10 Å². The van der Waals surface area contributed by atoms with Crippen LogP contribution in [0.2, 0.25) is 0 Å². The van der Waals surface area contributed by atoms with E-state index < -0.39 is 10.0 Å². The molecule has 2 aromatic heterocycles. The normalized spacial score (nSPS) is 14.0. The van der Waals surface area contributed by atoms with Gasteiger partial charge in [0.1, 0.15) is 5.76 Å². The highest BCUT2D eigenvalue weighted by molar-refractivity contribution is 7.89. The number of aryl methyl sites for hydroxylation is 3. The zero-order chi connectivity index (χ0) is 19.9. The monoisotopic (exact) mass is 399 g/mol. The third kappa shape index (κ3) is 3.40. The maximum atomic E-state index is 13.6. The van der Waals surface area contributed by atoms with Gasteiger partial charge in [-0.15, -0.1) is 0 Å². The van der Waals surface area contributed by atoms with Crippen LogP contribution < -0.4 is 0 Å². The van der Waals surface area contributed by atoms with Gasteiger partial charge < -0.3 is 4.42 Å². The van der Waals surface area contributed by atoms with Gasteiger partial charge in [-0.05, 0) is 68.0 Å². The lowest BCUT2D eigenvalue weighted by Crippen LogP contribution is -2.31. The average Bonchev–Trinajstić information content (AvgIpc) is 3.37. The fourth-order valence-electron chi connectivity index (χ4n) is 3.92. The maximum absolute atomic E-state index is 13.6. The van der Waals surface area contributed by atoms with Gasteiger partial charge in [-0.25, -0.2) is 8.42 Å². The smallest absolute Gasteiger partial charge is 0.244 e. The number of benzene rings is 1. The molecule has 0 radical (unpaired) electrons. The number of rotatable bonds is 6. The van der Waals surface area contributed by atoms with E-state index in [0.717, 1.165) is 36.1 Å². The molecule has 2 heterocycles. The summed E-state index contributed by atoms with van der Waals surface area (Å²) < 4.78 is 36.0. The molecule has 0 bridgehead atoms. The van der Waals surface area contributed by atoms with Crippen molar-refractivity contribution in [3.05, 3.63) is 70.4 Å². The highest BCUT2D eigenvalue weighted by Gasteiger charge is 2.30. The molecule has 0 unspecified atom stereocenters. The number of hydrogen-bond donors (Lipinski definition) is 0. The first-order chi connectivity index (χ1) is 13.4. The van der Waals surface area contributed by atoms with Crippen molar-refractivity contribution in [1.82, 2.24) is 14.1 Å². The molecule has 1 aliphatic carbocycles. The number of furan rings is 1. The van der Waals surface area contributed by atoms with Crippen molar-refractivity contribution >= 4 is 10.0 Å². The minimum atomic E-state index is -3.71. The predicted molar refractivity (Wildman–Crippen MR) is 106 cm³/mol. The molecule has 0 spiro atoms. The predicted octanol–water partition coefficient (Wildman–Crippen LogP) is 3.51. The lowest BCUT2D eigenvalue weighted by atomic mass is 10.2. The summed E-state index contributed by atoms with van der Waals surface area (Å²) in [6, 6.07) is 9.09. The fraction of sp³-hybridized carbons (Fsp3) is 0.381. The molecule has 3 aromatic rings. The molecule has 0 aliphatic heterocycles. The van der Waals surface area contributed by atoms with Crippen molar-refractivity contribution in [3.63, 3.8) is 0 Å². The molecule has 0 amide bonds. The maximum Gasteiger partial charge on any atom is 0.244 e. The van der Waals surface area contributed by atoms with E-state index in [1.165, 1.54) is 15.6 Å². The molecular weight excluding hydrogens is 374 g/mol. The Labute approximate surface area is 165 Å². The van der Waals surface area contributed by atoms with E-state index in [1.54, 1.807) is 24.5 Å². The molecule has 4 rings (SSSR count). The van der Waals surface area contributed by atoms with Gasteiger partial charge in [-0.2, -0.15) is 9.40 Å². The zero-order valence-electron chi connectivity index (χ0n) is 16.5. The van der Waals surface area contributed by atoms with Crippen LogP contribution in [0.15, 0.2) is 45.9 Å². The molecule has 1 aliphatic rings. The molecule has 0 saturated heterocycles. The standard InChI is InChI=1S/C21H25N3O3S/c1-15-9-10-16(2)21(12-15)28(25,26)24(13-17-6-5-11-27-17)14-19-18-7-4-8-20(18)23(3)22-19/h5-6,9-12H,4,7-8,13-14H2,1-3H3. The topological polar surface area (TPSA) is 68.3 Å². The van der Waals surface area contributed by atoms with Gasteiger partial charge in [-0.3, -0.25) is 4.68 Å². The van der Waals surface area contributed by atoms with Gasteiger partial charge in [-0.1, -0.05) is 12.1 Å². The molecule has 0 atom stereocenters. The number of fused-ring (bicyclic) bond motifs is 1. The van der Waals surface area contributed by atoms with Gasteiger partial charge in [0.15, 0.2) is 0 Å². The van der Waals surface area contributed by atoms with Crippen molar-refractivity contribution in [1.29, 1.82) is 0 Å². The Morgan fingerprint density at radius 1 is 1.18 bits per heavy atom. The van der Waals surface area contributed by atoms with E-state index in [1.807, 2.05) is 37.7 Å². The van der Waals surface area contributed by atoms with Crippen molar-refractivity contribution < 1.29 is 12.8 Å². The second kappa shape index (κ2) is 7.22. The Hall–Kier alpha value is -2.38. The summed E-state index contributed by atoms with van der Waals surface area (Å²) in [5, 5.41) is 4.63. The summed E-state index contributed by atoms with van der Waals surface area (Å²) in [5.74, 6) is 0.612. The first-order valence-electron chi connectivity index (χ1n) is 9.49. The van der Waals surface area contributed by atoms with Crippen LogP contribution in [0.5, 0.6) is 0 Å². The molecule has 148 valence electrons. The van der Waals surface area contributed by atoms with E-state index in [-0.39, 0.29) is 13.1 Å². The highest BCUT2D eigenvalue weighted by Crippen LogP contribution is 2.29. The lowest BCUT2D eigenvalue weighted by molar-refractivity contribution is 0.353. The quantitative estimate of drug-likeness (QED) is 0.636. The van der Waals surface area contributed by atoms with E-state index >= 15 is 0 Å². The number of aromatic nitrogens is 2. The summed E-state index contributed by atoms with van der Waals surface area (Å²) in [7, 11) is -1.78. The Kier molecular flexibility index (Phi) is 4.89. The van der Waals surface area contributed by atoms with Crippen molar-refractivity contribution in [2.75, 3.05) is 0 Å². The van der Waals surface area contributed by atoms with Crippen molar-refractivity contribution in [2.45, 2.75) is 51.1 Å². The summed E-state index contributed by atoms with van der Waals surface area (Å²) in [4.78, 5) is 0.339. The second-order valence-corrected chi connectivity index (χ2v) is 9.38. The Balaban J connectivity index is 1.75. The van der Waals surface area contributed by atoms with Crippen LogP contribution >= 0.6 is 0 Å². The molecule has 7 heteroatoms. The Morgan fingerprint density at radius 3 is 2.75 bits per heavy atom. The molecule has 0 N–H and O–H groups in total. The van der Waals surface area contributed by atoms with E-state index in [0.29, 0.717) is 10.7 Å². The minimum Gasteiger partial charge on any atom is -0.468 e. The zero-order valence-corrected chi connectivity index (χ0v) is 17.3. The first-order valence-corrected chi connectivity index (χ1v) is 10.9. The van der Waals surface area contributed by atoms with Crippen LogP contribution in [-0.2, 0) is 43.0 Å². The Morgan fingerprint density at radius 2 is 2.00 bits per heavy atom. The van der Waals surface area contributed by atoms with E-state index in [9.17, 15) is 8.42 Å². The van der Waals surface area contributed by atoms with Crippen molar-refractivity contribution in [2.24, 2.45) is 7.05 Å². The SMILES string of the molecule is Cc1ccc(C)c(S(=O)(=O)N(Cc2ccco2)Cc2nn(C)c3c2CCC3)c1. The largest absolute Gasteiger partial charge is 0.468 e. The molecule has 0 saturated carbocycles.